The van der Waals surface area contributed by atoms with Crippen molar-refractivity contribution in [1.29, 1.82) is 0 Å². The van der Waals surface area contributed by atoms with E-state index < -0.39 is 0 Å². The molecule has 0 aromatic rings. The molecular formula is C10H18O3S2. The van der Waals surface area contributed by atoms with Crippen molar-refractivity contribution < 1.29 is 14.2 Å². The highest BCUT2D eigenvalue weighted by Crippen LogP contribution is 2.27. The van der Waals surface area contributed by atoms with Crippen LogP contribution < -0.4 is 0 Å². The maximum absolute atomic E-state index is 5.46. The Hall–Kier alpha value is 0.160. The first-order chi connectivity index (χ1) is 7.26. The highest BCUT2D eigenvalue weighted by atomic mass is 32.2. The predicted molar refractivity (Wildman–Crippen MR) is 66.2 cm³/mol. The maximum Gasteiger partial charge on any atom is 0.220 e. The Morgan fingerprint density at radius 3 is 2.60 bits per heavy atom. The van der Waals surface area contributed by atoms with Crippen LogP contribution in [0.1, 0.15) is 26.7 Å². The van der Waals surface area contributed by atoms with Gasteiger partial charge in [-0.3, -0.25) is 0 Å². The van der Waals surface area contributed by atoms with Crippen LogP contribution in [0.15, 0.2) is 0 Å². The molecule has 0 aliphatic carbocycles. The first-order valence-electron chi connectivity index (χ1n) is 5.32. The lowest BCUT2D eigenvalue weighted by Gasteiger charge is -2.17. The molecule has 1 heterocycles. The quantitative estimate of drug-likeness (QED) is 0.511. The largest absolute Gasteiger partial charge is 0.477 e. The zero-order valence-corrected chi connectivity index (χ0v) is 10.9. The van der Waals surface area contributed by atoms with Crippen LogP contribution in [0.25, 0.3) is 0 Å². The first kappa shape index (κ1) is 13.2. The van der Waals surface area contributed by atoms with Crippen molar-refractivity contribution in [2.24, 2.45) is 0 Å². The van der Waals surface area contributed by atoms with E-state index in [1.165, 1.54) is 0 Å². The zero-order valence-electron chi connectivity index (χ0n) is 9.23. The van der Waals surface area contributed by atoms with Crippen LogP contribution >= 0.6 is 24.0 Å². The summed E-state index contributed by atoms with van der Waals surface area (Å²) in [7, 11) is 0. The Morgan fingerprint density at radius 2 is 2.13 bits per heavy atom. The molecule has 0 radical (unpaired) electrons. The Balaban J connectivity index is 2.17. The number of hydrogen-bond acceptors (Lipinski definition) is 5. The molecule has 1 saturated heterocycles. The summed E-state index contributed by atoms with van der Waals surface area (Å²) in [4.78, 5) is 0. The lowest BCUT2D eigenvalue weighted by Crippen LogP contribution is -2.19. The van der Waals surface area contributed by atoms with Gasteiger partial charge in [-0.15, -0.1) is 0 Å². The van der Waals surface area contributed by atoms with Gasteiger partial charge in [-0.2, -0.15) is 0 Å². The van der Waals surface area contributed by atoms with Crippen molar-refractivity contribution in [2.75, 3.05) is 19.8 Å². The van der Waals surface area contributed by atoms with Crippen molar-refractivity contribution >= 4 is 28.4 Å². The van der Waals surface area contributed by atoms with E-state index >= 15 is 0 Å². The summed E-state index contributed by atoms with van der Waals surface area (Å²) >= 11 is 6.60. The smallest absolute Gasteiger partial charge is 0.220 e. The topological polar surface area (TPSA) is 27.7 Å². The Bertz CT molecular complexity index is 193. The van der Waals surface area contributed by atoms with E-state index in [-0.39, 0.29) is 6.29 Å². The number of ether oxygens (including phenoxy) is 3. The average Bonchev–Trinajstić information content (AvgIpc) is 2.61. The Morgan fingerprint density at radius 1 is 1.47 bits per heavy atom. The highest BCUT2D eigenvalue weighted by molar-refractivity contribution is 8.23. The molecule has 1 atom stereocenters. The van der Waals surface area contributed by atoms with Gasteiger partial charge in [0, 0.05) is 18.5 Å². The van der Waals surface area contributed by atoms with Crippen molar-refractivity contribution in [3.05, 3.63) is 0 Å². The summed E-state index contributed by atoms with van der Waals surface area (Å²) in [6.45, 7) is 6.08. The van der Waals surface area contributed by atoms with Crippen molar-refractivity contribution in [1.82, 2.24) is 0 Å². The van der Waals surface area contributed by atoms with E-state index in [1.807, 2.05) is 13.8 Å². The van der Waals surface area contributed by atoms with E-state index in [9.17, 15) is 0 Å². The minimum Gasteiger partial charge on any atom is -0.477 e. The van der Waals surface area contributed by atoms with Crippen LogP contribution in [0.2, 0.25) is 0 Å². The fourth-order valence-electron chi connectivity index (χ4n) is 1.42. The summed E-state index contributed by atoms with van der Waals surface area (Å²) in [5.74, 6) is 0. The minimum atomic E-state index is -0.0743. The third-order valence-corrected chi connectivity index (χ3v) is 3.50. The van der Waals surface area contributed by atoms with Gasteiger partial charge in [-0.05, 0) is 38.9 Å². The average molecular weight is 250 g/mol. The normalized spacial score (nSPS) is 21.0. The predicted octanol–water partition coefficient (Wildman–Crippen LogP) is 2.58. The summed E-state index contributed by atoms with van der Waals surface area (Å²) in [6.07, 6.45) is 1.86. The molecule has 0 unspecified atom stereocenters. The van der Waals surface area contributed by atoms with E-state index in [0.29, 0.717) is 22.8 Å². The second-order valence-electron chi connectivity index (χ2n) is 3.22. The number of hydrogen-bond donors (Lipinski definition) is 0. The standard InChI is InChI=1S/C10H18O3S2/c1-3-11-9(12-4-2)6-5-8-7-13-10(14)15-8/h8-9H,3-7H2,1-2H3/t8-/m0/s1. The van der Waals surface area contributed by atoms with Gasteiger partial charge in [0.15, 0.2) is 6.29 Å². The summed E-state index contributed by atoms with van der Waals surface area (Å²) in [5, 5.41) is 0.473. The van der Waals surface area contributed by atoms with Crippen molar-refractivity contribution in [2.45, 2.75) is 38.2 Å². The van der Waals surface area contributed by atoms with Gasteiger partial charge in [0.1, 0.15) is 6.61 Å². The summed E-state index contributed by atoms with van der Waals surface area (Å²) in [6, 6.07) is 0. The second-order valence-corrected chi connectivity index (χ2v) is 5.12. The maximum atomic E-state index is 5.46. The van der Waals surface area contributed by atoms with E-state index in [2.05, 4.69) is 0 Å². The minimum absolute atomic E-state index is 0.0743. The molecule has 5 heteroatoms. The molecule has 88 valence electrons. The van der Waals surface area contributed by atoms with Crippen LogP contribution in [0.5, 0.6) is 0 Å². The van der Waals surface area contributed by atoms with Gasteiger partial charge >= 0.3 is 0 Å². The van der Waals surface area contributed by atoms with Gasteiger partial charge < -0.3 is 14.2 Å². The van der Waals surface area contributed by atoms with E-state index in [1.54, 1.807) is 11.8 Å². The van der Waals surface area contributed by atoms with Crippen LogP contribution in [0.3, 0.4) is 0 Å². The fraction of sp³-hybridized carbons (Fsp3) is 0.900. The van der Waals surface area contributed by atoms with Crippen LogP contribution in [-0.2, 0) is 14.2 Å². The van der Waals surface area contributed by atoms with Gasteiger partial charge in [0.05, 0.1) is 0 Å². The number of rotatable bonds is 7. The molecule has 0 spiro atoms. The molecule has 0 N–H and O–H groups in total. The van der Waals surface area contributed by atoms with Gasteiger partial charge in [0.2, 0.25) is 4.38 Å². The van der Waals surface area contributed by atoms with Crippen LogP contribution in [0.4, 0.5) is 0 Å². The summed E-state index contributed by atoms with van der Waals surface area (Å²) in [5.41, 5.74) is 0. The molecule has 1 aliphatic heterocycles. The Kier molecular flexibility index (Phi) is 6.56. The third-order valence-electron chi connectivity index (χ3n) is 2.08. The first-order valence-corrected chi connectivity index (χ1v) is 6.61. The lowest BCUT2D eigenvalue weighted by molar-refractivity contribution is -0.140. The molecule has 3 nitrogen and oxygen atoms in total. The van der Waals surface area contributed by atoms with Crippen LogP contribution in [-0.4, -0.2) is 35.7 Å². The number of thiocarbonyl (C=S) groups is 1. The van der Waals surface area contributed by atoms with Crippen LogP contribution in [0, 0.1) is 0 Å². The number of thioether (sulfide) groups is 1. The molecule has 0 aromatic heterocycles. The second kappa shape index (κ2) is 7.44. The molecule has 1 rings (SSSR count). The Labute approximate surface area is 101 Å². The highest BCUT2D eigenvalue weighted by Gasteiger charge is 2.22. The molecule has 1 aliphatic rings. The SMILES string of the molecule is CCOC(CC[C@H]1COC(=S)S1)OCC. The molecule has 0 saturated carbocycles. The van der Waals surface area contributed by atoms with Crippen molar-refractivity contribution in [3.8, 4) is 0 Å². The molecule has 1 fully saturated rings. The summed E-state index contributed by atoms with van der Waals surface area (Å²) < 4.78 is 16.8. The van der Waals surface area contributed by atoms with Gasteiger partial charge in [-0.25, -0.2) is 0 Å². The fourth-order valence-corrected chi connectivity index (χ4v) is 2.69. The molecule has 0 bridgehead atoms. The van der Waals surface area contributed by atoms with Gasteiger partial charge in [0.25, 0.3) is 0 Å². The molecule has 0 amide bonds. The monoisotopic (exact) mass is 250 g/mol. The molecular weight excluding hydrogens is 232 g/mol. The lowest BCUT2D eigenvalue weighted by atomic mass is 10.2. The van der Waals surface area contributed by atoms with Gasteiger partial charge in [-0.1, -0.05) is 11.8 Å². The van der Waals surface area contributed by atoms with E-state index in [0.717, 1.165) is 19.4 Å². The van der Waals surface area contributed by atoms with Crippen molar-refractivity contribution in [3.63, 3.8) is 0 Å². The van der Waals surface area contributed by atoms with E-state index in [4.69, 9.17) is 26.4 Å². The molecule has 15 heavy (non-hydrogen) atoms. The molecule has 0 aromatic carbocycles. The third kappa shape index (κ3) is 5.15. The zero-order chi connectivity index (χ0) is 11.1.